The van der Waals surface area contributed by atoms with Gasteiger partial charge in [0.05, 0.1) is 6.54 Å². The highest BCUT2D eigenvalue weighted by Gasteiger charge is 2.10. The first-order chi connectivity index (χ1) is 10.0. The van der Waals surface area contributed by atoms with Crippen molar-refractivity contribution in [1.82, 2.24) is 15.5 Å². The number of ether oxygens (including phenoxy) is 1. The normalized spacial score (nSPS) is 11.8. The van der Waals surface area contributed by atoms with Crippen LogP contribution < -0.4 is 15.4 Å². The Balaban J connectivity index is 1.77. The lowest BCUT2D eigenvalue weighted by Gasteiger charge is -2.15. The zero-order chi connectivity index (χ0) is 15.2. The van der Waals surface area contributed by atoms with Gasteiger partial charge in [0, 0.05) is 0 Å². The number of anilines is 1. The number of urea groups is 1. The first kappa shape index (κ1) is 15.2. The molecule has 21 heavy (non-hydrogen) atoms. The lowest BCUT2D eigenvalue weighted by Crippen LogP contribution is -2.36. The maximum atomic E-state index is 13.4. The van der Waals surface area contributed by atoms with Crippen molar-refractivity contribution in [1.29, 1.82) is 0 Å². The zero-order valence-corrected chi connectivity index (χ0v) is 12.4. The average molecular weight is 310 g/mol. The Morgan fingerprint density at radius 1 is 1.43 bits per heavy atom. The van der Waals surface area contributed by atoms with E-state index in [0.717, 1.165) is 5.01 Å². The van der Waals surface area contributed by atoms with Gasteiger partial charge in [0.1, 0.15) is 11.1 Å². The summed E-state index contributed by atoms with van der Waals surface area (Å²) in [6, 6.07) is 5.72. The van der Waals surface area contributed by atoms with E-state index >= 15 is 0 Å². The summed E-state index contributed by atoms with van der Waals surface area (Å²) < 4.78 is 18.8. The molecule has 0 aliphatic carbocycles. The van der Waals surface area contributed by atoms with Gasteiger partial charge in [-0.1, -0.05) is 23.5 Å². The van der Waals surface area contributed by atoms with Crippen LogP contribution in [0, 0.1) is 12.7 Å². The summed E-state index contributed by atoms with van der Waals surface area (Å²) in [5, 5.41) is 13.9. The van der Waals surface area contributed by atoms with Crippen LogP contribution in [0.5, 0.6) is 5.75 Å². The summed E-state index contributed by atoms with van der Waals surface area (Å²) in [6.45, 7) is 3.77. The van der Waals surface area contributed by atoms with E-state index in [4.69, 9.17) is 4.74 Å². The maximum absolute atomic E-state index is 13.4. The second kappa shape index (κ2) is 6.98. The molecule has 1 aromatic carbocycles. The molecule has 2 aromatic rings. The second-order valence-electron chi connectivity index (χ2n) is 4.32. The quantitative estimate of drug-likeness (QED) is 0.890. The van der Waals surface area contributed by atoms with E-state index in [1.807, 2.05) is 0 Å². The molecular formula is C13H15FN4O2S. The zero-order valence-electron chi connectivity index (χ0n) is 11.6. The van der Waals surface area contributed by atoms with Gasteiger partial charge in [-0.15, -0.1) is 10.2 Å². The van der Waals surface area contributed by atoms with E-state index in [9.17, 15) is 9.18 Å². The van der Waals surface area contributed by atoms with Crippen molar-refractivity contribution < 1.29 is 13.9 Å². The molecule has 1 aromatic heterocycles. The van der Waals surface area contributed by atoms with Gasteiger partial charge in [0.15, 0.2) is 11.6 Å². The predicted octanol–water partition coefficient (Wildman–Crippen LogP) is 2.57. The van der Waals surface area contributed by atoms with Crippen molar-refractivity contribution in [2.75, 3.05) is 11.9 Å². The van der Waals surface area contributed by atoms with Crippen LogP contribution in [0.3, 0.4) is 0 Å². The predicted molar refractivity (Wildman–Crippen MR) is 78.2 cm³/mol. The summed E-state index contributed by atoms with van der Waals surface area (Å²) in [6.07, 6.45) is -0.371. The molecule has 2 N–H and O–H groups in total. The van der Waals surface area contributed by atoms with Crippen LogP contribution in [0.25, 0.3) is 0 Å². The number of para-hydroxylation sites is 1. The molecule has 0 radical (unpaired) electrons. The highest BCUT2D eigenvalue weighted by Crippen LogP contribution is 2.17. The summed E-state index contributed by atoms with van der Waals surface area (Å²) in [4.78, 5) is 11.6. The number of nitrogens with zero attached hydrogens (tertiary/aromatic N) is 2. The highest BCUT2D eigenvalue weighted by atomic mass is 32.1. The maximum Gasteiger partial charge on any atom is 0.321 e. The number of aryl methyl sites for hydroxylation is 1. The molecule has 0 saturated heterocycles. The Morgan fingerprint density at radius 3 is 2.86 bits per heavy atom. The molecule has 0 aliphatic heterocycles. The minimum Gasteiger partial charge on any atom is -0.486 e. The van der Waals surface area contributed by atoms with Crippen LogP contribution in [0.2, 0.25) is 0 Å². The molecule has 0 saturated carbocycles. The molecule has 8 heteroatoms. The molecular weight excluding hydrogens is 295 g/mol. The Kier molecular flexibility index (Phi) is 5.04. The van der Waals surface area contributed by atoms with Crippen LogP contribution in [0.4, 0.5) is 14.3 Å². The SMILES string of the molecule is Cc1nnc(NC(=O)NCC(C)Oc2ccccc2F)s1. The summed E-state index contributed by atoms with van der Waals surface area (Å²) >= 11 is 1.28. The number of nitrogens with one attached hydrogen (secondary N) is 2. The fourth-order valence-electron chi connectivity index (χ4n) is 1.52. The number of carbonyl (C=O) groups excluding carboxylic acids is 1. The lowest BCUT2D eigenvalue weighted by molar-refractivity contribution is 0.205. The molecule has 112 valence electrons. The van der Waals surface area contributed by atoms with Crippen LogP contribution >= 0.6 is 11.3 Å². The Hall–Kier alpha value is -2.22. The molecule has 0 spiro atoms. The highest BCUT2D eigenvalue weighted by molar-refractivity contribution is 7.15. The standard InChI is InChI=1S/C13H15FN4O2S/c1-8(20-11-6-4-3-5-10(11)14)7-15-12(19)16-13-18-17-9(2)21-13/h3-6,8H,7H2,1-2H3,(H2,15,16,18,19). The molecule has 1 atom stereocenters. The largest absolute Gasteiger partial charge is 0.486 e. The van der Waals surface area contributed by atoms with Crippen molar-refractivity contribution in [3.63, 3.8) is 0 Å². The first-order valence-electron chi connectivity index (χ1n) is 6.30. The van der Waals surface area contributed by atoms with Gasteiger partial charge in [0.25, 0.3) is 0 Å². The Labute approximate surface area is 125 Å². The van der Waals surface area contributed by atoms with Crippen molar-refractivity contribution in [2.24, 2.45) is 0 Å². The Morgan fingerprint density at radius 2 is 2.19 bits per heavy atom. The minimum absolute atomic E-state index is 0.159. The van der Waals surface area contributed by atoms with Crippen LogP contribution in [0.15, 0.2) is 24.3 Å². The number of halogens is 1. The van der Waals surface area contributed by atoms with Gasteiger partial charge in [-0.25, -0.2) is 9.18 Å². The van der Waals surface area contributed by atoms with E-state index in [1.165, 1.54) is 23.5 Å². The van der Waals surface area contributed by atoms with E-state index in [1.54, 1.807) is 26.0 Å². The fourth-order valence-corrected chi connectivity index (χ4v) is 2.11. The van der Waals surface area contributed by atoms with Crippen molar-refractivity contribution in [3.05, 3.63) is 35.1 Å². The Bertz CT molecular complexity index is 620. The molecule has 1 heterocycles. The molecule has 2 rings (SSSR count). The number of amides is 2. The van der Waals surface area contributed by atoms with E-state index < -0.39 is 11.8 Å². The molecule has 0 fully saturated rings. The van der Waals surface area contributed by atoms with Crippen LogP contribution in [0.1, 0.15) is 11.9 Å². The number of hydrogen-bond donors (Lipinski definition) is 2. The number of aromatic nitrogens is 2. The summed E-state index contributed by atoms with van der Waals surface area (Å²) in [5.41, 5.74) is 0. The monoisotopic (exact) mass is 310 g/mol. The van der Waals surface area contributed by atoms with Gasteiger partial charge in [0.2, 0.25) is 5.13 Å². The van der Waals surface area contributed by atoms with Gasteiger partial charge in [-0.3, -0.25) is 5.32 Å². The topological polar surface area (TPSA) is 76.1 Å². The lowest BCUT2D eigenvalue weighted by atomic mass is 10.3. The van der Waals surface area contributed by atoms with Gasteiger partial charge in [-0.2, -0.15) is 0 Å². The van der Waals surface area contributed by atoms with E-state index in [2.05, 4.69) is 20.8 Å². The van der Waals surface area contributed by atoms with Gasteiger partial charge >= 0.3 is 6.03 Å². The van der Waals surface area contributed by atoms with Gasteiger partial charge < -0.3 is 10.1 Å². The third-order valence-electron chi connectivity index (χ3n) is 2.46. The number of carbonyl (C=O) groups is 1. The molecule has 0 bridgehead atoms. The minimum atomic E-state index is -0.432. The van der Waals surface area contributed by atoms with Crippen LogP contribution in [-0.2, 0) is 0 Å². The summed E-state index contributed by atoms with van der Waals surface area (Å²) in [5.74, 6) is -0.273. The number of benzene rings is 1. The molecule has 0 aliphatic rings. The van der Waals surface area contributed by atoms with Gasteiger partial charge in [-0.05, 0) is 26.0 Å². The van der Waals surface area contributed by atoms with Crippen LogP contribution in [-0.4, -0.2) is 28.9 Å². The van der Waals surface area contributed by atoms with E-state index in [-0.39, 0.29) is 18.4 Å². The first-order valence-corrected chi connectivity index (χ1v) is 7.12. The molecule has 1 unspecified atom stereocenters. The fraction of sp³-hybridized carbons (Fsp3) is 0.308. The number of hydrogen-bond acceptors (Lipinski definition) is 5. The number of rotatable bonds is 5. The average Bonchev–Trinajstić information content (AvgIpc) is 2.84. The molecule has 2 amide bonds. The summed E-state index contributed by atoms with van der Waals surface area (Å²) in [7, 11) is 0. The van der Waals surface area contributed by atoms with Crippen molar-refractivity contribution >= 4 is 22.5 Å². The van der Waals surface area contributed by atoms with Crippen molar-refractivity contribution in [2.45, 2.75) is 20.0 Å². The smallest absolute Gasteiger partial charge is 0.321 e. The molecule has 6 nitrogen and oxygen atoms in total. The van der Waals surface area contributed by atoms with Crippen molar-refractivity contribution in [3.8, 4) is 5.75 Å². The third kappa shape index (κ3) is 4.67. The third-order valence-corrected chi connectivity index (χ3v) is 3.22. The second-order valence-corrected chi connectivity index (χ2v) is 5.50. The van der Waals surface area contributed by atoms with E-state index in [0.29, 0.717) is 5.13 Å².